The first-order valence-electron chi connectivity index (χ1n) is 9.55. The summed E-state index contributed by atoms with van der Waals surface area (Å²) in [6.45, 7) is 4.57. The minimum absolute atomic E-state index is 0.331. The molecular formula is C20H38O2. The molecule has 22 heavy (non-hydrogen) atoms. The summed E-state index contributed by atoms with van der Waals surface area (Å²) in [6, 6.07) is 0. The average Bonchev–Trinajstić information content (AvgIpc) is 2.48. The first-order valence-corrected chi connectivity index (χ1v) is 9.55. The maximum atomic E-state index is 10.4. The van der Waals surface area contributed by atoms with Gasteiger partial charge in [0, 0.05) is 6.42 Å². The fourth-order valence-electron chi connectivity index (χ4n) is 2.74. The summed E-state index contributed by atoms with van der Waals surface area (Å²) in [5, 5.41) is 8.56. The summed E-state index contributed by atoms with van der Waals surface area (Å²) in [7, 11) is 0. The first kappa shape index (κ1) is 21.2. The fraction of sp³-hybridized carbons (Fsp3) is 0.850. The van der Waals surface area contributed by atoms with E-state index in [9.17, 15) is 4.79 Å². The maximum Gasteiger partial charge on any atom is 0.303 e. The predicted molar refractivity (Wildman–Crippen MR) is 96.3 cm³/mol. The average molecular weight is 311 g/mol. The largest absolute Gasteiger partial charge is 0.481 e. The fourth-order valence-corrected chi connectivity index (χ4v) is 2.74. The lowest BCUT2D eigenvalue weighted by Gasteiger charge is -2.06. The molecule has 1 unspecified atom stereocenters. The van der Waals surface area contributed by atoms with Crippen LogP contribution in [0.1, 0.15) is 104 Å². The molecule has 0 aromatic heterocycles. The van der Waals surface area contributed by atoms with Gasteiger partial charge in [0.2, 0.25) is 0 Å². The van der Waals surface area contributed by atoms with E-state index in [0.717, 1.165) is 12.8 Å². The van der Waals surface area contributed by atoms with Gasteiger partial charge in [0.1, 0.15) is 0 Å². The van der Waals surface area contributed by atoms with Crippen LogP contribution in [-0.2, 0) is 4.79 Å². The van der Waals surface area contributed by atoms with Gasteiger partial charge < -0.3 is 5.11 Å². The molecule has 2 nitrogen and oxygen atoms in total. The zero-order chi connectivity index (χ0) is 16.5. The molecule has 0 fully saturated rings. The van der Waals surface area contributed by atoms with E-state index in [1.54, 1.807) is 0 Å². The quantitative estimate of drug-likeness (QED) is 0.253. The Kier molecular flexibility index (Phi) is 16.0. The number of carbonyl (C=O) groups is 1. The van der Waals surface area contributed by atoms with Crippen LogP contribution in [0.2, 0.25) is 0 Å². The topological polar surface area (TPSA) is 37.3 Å². The molecule has 0 rings (SSSR count). The minimum Gasteiger partial charge on any atom is -0.481 e. The molecule has 0 amide bonds. The van der Waals surface area contributed by atoms with Crippen LogP contribution < -0.4 is 0 Å². The van der Waals surface area contributed by atoms with Crippen LogP contribution in [0.5, 0.6) is 0 Å². The number of carboxylic acid groups (broad SMARTS) is 1. The molecule has 2 heteroatoms. The van der Waals surface area contributed by atoms with Gasteiger partial charge in [0.05, 0.1) is 0 Å². The van der Waals surface area contributed by atoms with Gasteiger partial charge in [-0.1, -0.05) is 83.8 Å². The molecule has 1 N–H and O–H groups in total. The maximum absolute atomic E-state index is 10.4. The van der Waals surface area contributed by atoms with Crippen molar-refractivity contribution in [2.45, 2.75) is 104 Å². The first-order chi connectivity index (χ1) is 10.7. The van der Waals surface area contributed by atoms with E-state index in [1.165, 1.54) is 70.6 Å². The Morgan fingerprint density at radius 2 is 1.50 bits per heavy atom. The van der Waals surface area contributed by atoms with Crippen molar-refractivity contribution in [1.82, 2.24) is 0 Å². The standard InChI is InChI=1S/C20H38O2/c1-3-4-5-6-7-8-10-13-16-19(2)17-14-11-9-12-15-18-20(21)22/h13,16,19H,3-12,14-15,17-18H2,1-2H3,(H,21,22). The Hall–Kier alpha value is -0.790. The molecule has 0 saturated heterocycles. The van der Waals surface area contributed by atoms with Crippen LogP contribution in [0.3, 0.4) is 0 Å². The van der Waals surface area contributed by atoms with Gasteiger partial charge in [0.25, 0.3) is 0 Å². The Balaban J connectivity index is 3.29. The number of allylic oxidation sites excluding steroid dienone is 2. The highest BCUT2D eigenvalue weighted by Gasteiger charge is 1.99. The van der Waals surface area contributed by atoms with Gasteiger partial charge in [0.15, 0.2) is 0 Å². The van der Waals surface area contributed by atoms with Crippen molar-refractivity contribution >= 4 is 5.97 Å². The zero-order valence-corrected chi connectivity index (χ0v) is 15.0. The normalized spacial score (nSPS) is 12.8. The Labute approximate surface area is 138 Å². The minimum atomic E-state index is -0.663. The zero-order valence-electron chi connectivity index (χ0n) is 15.0. The molecule has 0 aliphatic rings. The molecule has 0 aliphatic carbocycles. The summed E-state index contributed by atoms with van der Waals surface area (Å²) in [6.07, 6.45) is 21.5. The SMILES string of the molecule is CCCCCCCCC=CC(C)CCCCCCCC(=O)O. The van der Waals surface area contributed by atoms with Crippen molar-refractivity contribution in [1.29, 1.82) is 0 Å². The highest BCUT2D eigenvalue weighted by atomic mass is 16.4. The predicted octanol–water partition coefficient (Wildman–Crippen LogP) is 6.74. The van der Waals surface area contributed by atoms with Gasteiger partial charge in [-0.2, -0.15) is 0 Å². The van der Waals surface area contributed by atoms with Crippen molar-refractivity contribution in [3.8, 4) is 0 Å². The number of unbranched alkanes of at least 4 members (excludes halogenated alkanes) is 10. The number of carboxylic acids is 1. The summed E-state index contributed by atoms with van der Waals surface area (Å²) in [5.74, 6) is 0.0308. The third-order valence-electron chi connectivity index (χ3n) is 4.24. The molecule has 1 atom stereocenters. The van der Waals surface area contributed by atoms with Crippen molar-refractivity contribution < 1.29 is 9.90 Å². The van der Waals surface area contributed by atoms with E-state index in [2.05, 4.69) is 26.0 Å². The second-order valence-electron chi connectivity index (χ2n) is 6.66. The lowest BCUT2D eigenvalue weighted by molar-refractivity contribution is -0.137. The lowest BCUT2D eigenvalue weighted by atomic mass is 10.0. The summed E-state index contributed by atoms with van der Waals surface area (Å²) < 4.78 is 0. The molecule has 130 valence electrons. The van der Waals surface area contributed by atoms with E-state index in [4.69, 9.17) is 5.11 Å². The summed E-state index contributed by atoms with van der Waals surface area (Å²) in [5.41, 5.74) is 0. The smallest absolute Gasteiger partial charge is 0.303 e. The van der Waals surface area contributed by atoms with E-state index in [0.29, 0.717) is 12.3 Å². The number of hydrogen-bond donors (Lipinski definition) is 1. The second-order valence-corrected chi connectivity index (χ2v) is 6.66. The van der Waals surface area contributed by atoms with E-state index < -0.39 is 5.97 Å². The van der Waals surface area contributed by atoms with Gasteiger partial charge in [-0.3, -0.25) is 4.79 Å². The van der Waals surface area contributed by atoms with Crippen LogP contribution in [-0.4, -0.2) is 11.1 Å². The van der Waals surface area contributed by atoms with Gasteiger partial charge in [-0.05, 0) is 31.6 Å². The third kappa shape index (κ3) is 17.3. The van der Waals surface area contributed by atoms with Gasteiger partial charge in [-0.15, -0.1) is 0 Å². The molecular weight excluding hydrogens is 272 g/mol. The highest BCUT2D eigenvalue weighted by molar-refractivity contribution is 5.66. The van der Waals surface area contributed by atoms with E-state index >= 15 is 0 Å². The van der Waals surface area contributed by atoms with Crippen molar-refractivity contribution in [2.24, 2.45) is 5.92 Å². The molecule has 0 aliphatic heterocycles. The highest BCUT2D eigenvalue weighted by Crippen LogP contribution is 2.14. The number of hydrogen-bond acceptors (Lipinski definition) is 1. The second kappa shape index (κ2) is 16.6. The van der Waals surface area contributed by atoms with Gasteiger partial charge in [-0.25, -0.2) is 0 Å². The summed E-state index contributed by atoms with van der Waals surface area (Å²) >= 11 is 0. The Morgan fingerprint density at radius 1 is 0.909 bits per heavy atom. The molecule has 0 aromatic carbocycles. The molecule has 0 bridgehead atoms. The summed E-state index contributed by atoms with van der Waals surface area (Å²) in [4.78, 5) is 10.4. The van der Waals surface area contributed by atoms with Crippen LogP contribution >= 0.6 is 0 Å². The molecule has 0 saturated carbocycles. The van der Waals surface area contributed by atoms with Crippen LogP contribution in [0.25, 0.3) is 0 Å². The molecule has 0 spiro atoms. The van der Waals surface area contributed by atoms with Crippen molar-refractivity contribution in [2.75, 3.05) is 0 Å². The van der Waals surface area contributed by atoms with Crippen molar-refractivity contribution in [3.05, 3.63) is 12.2 Å². The van der Waals surface area contributed by atoms with Crippen LogP contribution in [0, 0.1) is 5.92 Å². The Bertz CT molecular complexity index is 271. The third-order valence-corrected chi connectivity index (χ3v) is 4.24. The molecule has 0 radical (unpaired) electrons. The van der Waals surface area contributed by atoms with Gasteiger partial charge >= 0.3 is 5.97 Å². The Morgan fingerprint density at radius 3 is 2.18 bits per heavy atom. The lowest BCUT2D eigenvalue weighted by Crippen LogP contribution is -1.94. The monoisotopic (exact) mass is 310 g/mol. The number of rotatable bonds is 16. The van der Waals surface area contributed by atoms with Crippen LogP contribution in [0.15, 0.2) is 12.2 Å². The van der Waals surface area contributed by atoms with E-state index in [1.807, 2.05) is 0 Å². The van der Waals surface area contributed by atoms with Crippen molar-refractivity contribution in [3.63, 3.8) is 0 Å². The van der Waals surface area contributed by atoms with E-state index in [-0.39, 0.29) is 0 Å². The molecule has 0 aromatic rings. The van der Waals surface area contributed by atoms with Crippen LogP contribution in [0.4, 0.5) is 0 Å². The number of aliphatic carboxylic acids is 1. The molecule has 0 heterocycles.